The Labute approximate surface area is 183 Å². The average molecular weight is 423 g/mol. The van der Waals surface area contributed by atoms with Gasteiger partial charge in [-0.15, -0.1) is 0 Å². The van der Waals surface area contributed by atoms with Gasteiger partial charge in [-0.3, -0.25) is 9.59 Å². The lowest BCUT2D eigenvalue weighted by Gasteiger charge is -2.27. The maximum absolute atomic E-state index is 13.0. The molecule has 1 aliphatic heterocycles. The summed E-state index contributed by atoms with van der Waals surface area (Å²) in [6.07, 6.45) is 0. The minimum atomic E-state index is -0.662. The van der Waals surface area contributed by atoms with Gasteiger partial charge in [0.15, 0.2) is 0 Å². The van der Waals surface area contributed by atoms with Gasteiger partial charge < -0.3 is 19.6 Å². The summed E-state index contributed by atoms with van der Waals surface area (Å²) in [6.45, 7) is 5.22. The van der Waals surface area contributed by atoms with Gasteiger partial charge in [-0.25, -0.2) is 0 Å². The molecule has 0 saturated carbocycles. The summed E-state index contributed by atoms with van der Waals surface area (Å²) in [5, 5.41) is 11.1. The molecule has 2 aromatic carbocycles. The summed E-state index contributed by atoms with van der Waals surface area (Å²) >= 11 is 0. The van der Waals surface area contributed by atoms with Crippen molar-refractivity contribution < 1.29 is 19.4 Å². The predicted molar refractivity (Wildman–Crippen MR) is 121 cm³/mol. The summed E-state index contributed by atoms with van der Waals surface area (Å²) in [5.41, 5.74) is 2.56. The van der Waals surface area contributed by atoms with Crippen LogP contribution in [-0.4, -0.2) is 60.9 Å². The third kappa shape index (κ3) is 4.64. The number of carbonyl (C=O) groups excluding carboxylic acids is 2. The normalized spacial score (nSPS) is 18.3. The van der Waals surface area contributed by atoms with E-state index in [0.717, 1.165) is 5.56 Å². The predicted octanol–water partition coefficient (Wildman–Crippen LogP) is 3.80. The monoisotopic (exact) mass is 422 g/mol. The molecule has 0 unspecified atom stereocenters. The van der Waals surface area contributed by atoms with Crippen molar-refractivity contribution in [3.63, 3.8) is 0 Å². The zero-order chi connectivity index (χ0) is 22.7. The van der Waals surface area contributed by atoms with Crippen LogP contribution in [0.4, 0.5) is 0 Å². The summed E-state index contributed by atoms with van der Waals surface area (Å²) in [7, 11) is 5.40. The van der Waals surface area contributed by atoms with E-state index >= 15 is 0 Å². The van der Waals surface area contributed by atoms with E-state index in [2.05, 4.69) is 13.8 Å². The number of methoxy groups -OCH3 is 1. The number of Topliss-reactive ketones (excluding diaryl/α,β-unsaturated/α-hetero) is 1. The number of nitrogens with zero attached hydrogens (tertiary/aromatic N) is 2. The van der Waals surface area contributed by atoms with E-state index in [4.69, 9.17) is 4.74 Å². The van der Waals surface area contributed by atoms with Crippen LogP contribution in [0, 0.1) is 0 Å². The van der Waals surface area contributed by atoms with Crippen LogP contribution in [0.25, 0.3) is 5.76 Å². The highest BCUT2D eigenvalue weighted by atomic mass is 16.5. The lowest BCUT2D eigenvalue weighted by molar-refractivity contribution is -0.140. The standard InChI is InChI=1S/C25H30N2O4/c1-16(2)17-6-8-18(9-7-17)22-21(23(28)19-10-12-20(31-5)13-11-19)24(29)25(30)27(22)15-14-26(3)4/h6-13,16,22,28H,14-15H2,1-5H3/b23-21+/t22-/m1/s1. The molecule has 1 N–H and O–H groups in total. The van der Waals surface area contributed by atoms with Gasteiger partial charge in [0.25, 0.3) is 11.7 Å². The fourth-order valence-corrected chi connectivity index (χ4v) is 3.73. The van der Waals surface area contributed by atoms with Crippen LogP contribution in [-0.2, 0) is 9.59 Å². The maximum atomic E-state index is 13.0. The van der Waals surface area contributed by atoms with Crippen LogP contribution in [0.5, 0.6) is 5.75 Å². The molecule has 164 valence electrons. The zero-order valence-electron chi connectivity index (χ0n) is 18.8. The van der Waals surface area contributed by atoms with Crippen LogP contribution in [0.2, 0.25) is 0 Å². The largest absolute Gasteiger partial charge is 0.507 e. The van der Waals surface area contributed by atoms with Gasteiger partial charge >= 0.3 is 0 Å². The fourth-order valence-electron chi connectivity index (χ4n) is 3.73. The Morgan fingerprint density at radius 3 is 2.19 bits per heavy atom. The highest BCUT2D eigenvalue weighted by Gasteiger charge is 2.45. The van der Waals surface area contributed by atoms with E-state index in [1.807, 2.05) is 43.3 Å². The van der Waals surface area contributed by atoms with Gasteiger partial charge in [0.05, 0.1) is 18.7 Å². The minimum Gasteiger partial charge on any atom is -0.507 e. The van der Waals surface area contributed by atoms with Crippen LogP contribution >= 0.6 is 0 Å². The molecular formula is C25H30N2O4. The number of carbonyl (C=O) groups is 2. The summed E-state index contributed by atoms with van der Waals surface area (Å²) in [6, 6.07) is 14.1. The number of amides is 1. The van der Waals surface area contributed by atoms with Gasteiger partial charge in [0, 0.05) is 18.7 Å². The number of ketones is 1. The lowest BCUT2D eigenvalue weighted by Crippen LogP contribution is -2.35. The van der Waals surface area contributed by atoms with Crippen molar-refractivity contribution in [3.8, 4) is 5.75 Å². The van der Waals surface area contributed by atoms with Crippen molar-refractivity contribution in [2.24, 2.45) is 0 Å². The maximum Gasteiger partial charge on any atom is 0.295 e. The lowest BCUT2D eigenvalue weighted by atomic mass is 9.93. The molecule has 1 aliphatic rings. The first kappa shape index (κ1) is 22.6. The molecule has 0 radical (unpaired) electrons. The molecule has 3 rings (SSSR count). The quantitative estimate of drug-likeness (QED) is 0.418. The van der Waals surface area contributed by atoms with Gasteiger partial charge in [0.1, 0.15) is 11.5 Å². The molecule has 0 aliphatic carbocycles. The van der Waals surface area contributed by atoms with Gasteiger partial charge in [-0.05, 0) is 55.4 Å². The Morgan fingerprint density at radius 1 is 1.06 bits per heavy atom. The van der Waals surface area contributed by atoms with Crippen LogP contribution < -0.4 is 4.74 Å². The van der Waals surface area contributed by atoms with E-state index in [1.165, 1.54) is 5.56 Å². The first-order valence-electron chi connectivity index (χ1n) is 10.4. The van der Waals surface area contributed by atoms with Crippen LogP contribution in [0.3, 0.4) is 0 Å². The van der Waals surface area contributed by atoms with Gasteiger partial charge in [-0.2, -0.15) is 0 Å². The van der Waals surface area contributed by atoms with E-state index in [1.54, 1.807) is 36.3 Å². The summed E-state index contributed by atoms with van der Waals surface area (Å²) in [5.74, 6) is -0.414. The molecule has 6 heteroatoms. The molecule has 0 aromatic heterocycles. The van der Waals surface area contributed by atoms with Crippen molar-refractivity contribution in [1.29, 1.82) is 0 Å². The van der Waals surface area contributed by atoms with Crippen molar-refractivity contribution in [3.05, 3.63) is 70.8 Å². The topological polar surface area (TPSA) is 70.1 Å². The smallest absolute Gasteiger partial charge is 0.295 e. The van der Waals surface area contributed by atoms with E-state index < -0.39 is 17.7 Å². The Hall–Kier alpha value is -3.12. The first-order valence-corrected chi connectivity index (χ1v) is 10.4. The zero-order valence-corrected chi connectivity index (χ0v) is 18.8. The molecule has 1 atom stereocenters. The third-order valence-corrected chi connectivity index (χ3v) is 5.61. The van der Waals surface area contributed by atoms with Gasteiger partial charge in [0.2, 0.25) is 0 Å². The second-order valence-electron chi connectivity index (χ2n) is 8.35. The SMILES string of the molecule is COc1ccc(/C(O)=C2\C(=O)C(=O)N(CCN(C)C)[C@@H]2c2ccc(C(C)C)cc2)cc1. The number of hydrogen-bond acceptors (Lipinski definition) is 5. The van der Waals surface area contributed by atoms with E-state index in [-0.39, 0.29) is 11.3 Å². The number of likely N-dealkylation sites (tertiary alicyclic amines) is 1. The second-order valence-corrected chi connectivity index (χ2v) is 8.35. The number of likely N-dealkylation sites (N-methyl/N-ethyl adjacent to an activating group) is 1. The van der Waals surface area contributed by atoms with E-state index in [0.29, 0.717) is 30.3 Å². The molecule has 2 aromatic rings. The van der Waals surface area contributed by atoms with Crippen LogP contribution in [0.1, 0.15) is 42.5 Å². The molecule has 31 heavy (non-hydrogen) atoms. The van der Waals surface area contributed by atoms with Crippen molar-refractivity contribution in [1.82, 2.24) is 9.80 Å². The number of rotatable bonds is 7. The molecule has 1 fully saturated rings. The number of ether oxygens (including phenoxy) is 1. The summed E-state index contributed by atoms with van der Waals surface area (Å²) in [4.78, 5) is 29.4. The molecule has 0 spiro atoms. The Bertz CT molecular complexity index is 976. The molecule has 1 heterocycles. The minimum absolute atomic E-state index is 0.117. The van der Waals surface area contributed by atoms with Crippen molar-refractivity contribution >= 4 is 17.4 Å². The number of aliphatic hydroxyl groups is 1. The molecule has 1 amide bonds. The second kappa shape index (κ2) is 9.35. The molecular weight excluding hydrogens is 392 g/mol. The number of hydrogen-bond donors (Lipinski definition) is 1. The fraction of sp³-hybridized carbons (Fsp3) is 0.360. The highest BCUT2D eigenvalue weighted by Crippen LogP contribution is 2.39. The van der Waals surface area contributed by atoms with Crippen molar-refractivity contribution in [2.75, 3.05) is 34.3 Å². The number of aliphatic hydroxyl groups excluding tert-OH is 1. The van der Waals surface area contributed by atoms with Crippen LogP contribution in [0.15, 0.2) is 54.1 Å². The third-order valence-electron chi connectivity index (χ3n) is 5.61. The highest BCUT2D eigenvalue weighted by molar-refractivity contribution is 6.46. The van der Waals surface area contributed by atoms with Crippen molar-refractivity contribution in [2.45, 2.75) is 25.8 Å². The Morgan fingerprint density at radius 2 is 1.68 bits per heavy atom. The molecule has 0 bridgehead atoms. The Balaban J connectivity index is 2.11. The van der Waals surface area contributed by atoms with E-state index in [9.17, 15) is 14.7 Å². The molecule has 1 saturated heterocycles. The molecule has 6 nitrogen and oxygen atoms in total. The number of benzene rings is 2. The first-order chi connectivity index (χ1) is 14.7. The summed E-state index contributed by atoms with van der Waals surface area (Å²) < 4.78 is 5.17. The Kier molecular flexibility index (Phi) is 6.81. The van der Waals surface area contributed by atoms with Gasteiger partial charge in [-0.1, -0.05) is 38.1 Å². The average Bonchev–Trinajstić information content (AvgIpc) is 3.02.